The normalized spacial score (nSPS) is 10.4. The van der Waals surface area contributed by atoms with E-state index in [4.69, 9.17) is 9.84 Å². The largest absolute Gasteiger partial charge is 0.480 e. The summed E-state index contributed by atoms with van der Waals surface area (Å²) in [6, 6.07) is 3.35. The molecule has 1 aromatic heterocycles. The summed E-state index contributed by atoms with van der Waals surface area (Å²) in [4.78, 5) is 35.8. The van der Waals surface area contributed by atoms with Crippen molar-refractivity contribution in [3.05, 3.63) is 22.4 Å². The van der Waals surface area contributed by atoms with E-state index in [2.05, 4.69) is 10.9 Å². The number of rotatable bonds is 8. The molecule has 1 heterocycles. The third kappa shape index (κ3) is 6.84. The summed E-state index contributed by atoms with van der Waals surface area (Å²) >= 11 is 1.25. The van der Waals surface area contributed by atoms with Gasteiger partial charge in [-0.15, -0.1) is 11.3 Å². The van der Waals surface area contributed by atoms with E-state index < -0.39 is 17.8 Å². The van der Waals surface area contributed by atoms with Gasteiger partial charge in [-0.2, -0.15) is 0 Å². The summed E-state index contributed by atoms with van der Waals surface area (Å²) in [6.45, 7) is 0.174. The maximum Gasteiger partial charge on any atom is 0.317 e. The molecule has 116 valence electrons. The van der Waals surface area contributed by atoms with Crippen LogP contribution in [0, 0.1) is 0 Å². The SMILES string of the molecule is COCCN(CC(=O)O)CC(=O)NNC(=O)c1cccs1. The molecule has 1 rings (SSSR count). The number of carbonyl (C=O) groups is 3. The topological polar surface area (TPSA) is 108 Å². The number of hydrogen-bond acceptors (Lipinski definition) is 6. The van der Waals surface area contributed by atoms with Gasteiger partial charge in [-0.3, -0.25) is 30.1 Å². The van der Waals surface area contributed by atoms with Crippen LogP contribution in [0.3, 0.4) is 0 Å². The Bertz CT molecular complexity index is 477. The molecule has 0 fully saturated rings. The number of methoxy groups -OCH3 is 1. The van der Waals surface area contributed by atoms with Crippen molar-refractivity contribution >= 4 is 29.1 Å². The average molecular weight is 315 g/mol. The second kappa shape index (κ2) is 9.06. The Kier molecular flexibility index (Phi) is 7.37. The van der Waals surface area contributed by atoms with Crippen molar-refractivity contribution in [2.75, 3.05) is 33.4 Å². The van der Waals surface area contributed by atoms with E-state index in [1.807, 2.05) is 0 Å². The van der Waals surface area contributed by atoms with Gasteiger partial charge in [0, 0.05) is 13.7 Å². The summed E-state index contributed by atoms with van der Waals surface area (Å²) in [5.41, 5.74) is 4.51. The molecule has 0 radical (unpaired) electrons. The van der Waals surface area contributed by atoms with Crippen LogP contribution >= 0.6 is 11.3 Å². The number of carboxylic acids is 1. The van der Waals surface area contributed by atoms with Gasteiger partial charge < -0.3 is 9.84 Å². The van der Waals surface area contributed by atoms with Crippen LogP contribution in [0.15, 0.2) is 17.5 Å². The molecule has 0 aliphatic heterocycles. The van der Waals surface area contributed by atoms with Gasteiger partial charge in [0.05, 0.1) is 24.6 Å². The molecule has 2 amide bonds. The zero-order valence-corrected chi connectivity index (χ0v) is 12.3. The van der Waals surface area contributed by atoms with Crippen LogP contribution < -0.4 is 10.9 Å². The zero-order valence-electron chi connectivity index (χ0n) is 11.5. The molecule has 1 aromatic rings. The number of aliphatic carboxylic acids is 1. The van der Waals surface area contributed by atoms with Gasteiger partial charge in [0.2, 0.25) is 0 Å². The zero-order chi connectivity index (χ0) is 15.7. The van der Waals surface area contributed by atoms with Crippen molar-refractivity contribution in [1.82, 2.24) is 15.8 Å². The van der Waals surface area contributed by atoms with E-state index >= 15 is 0 Å². The third-order valence-corrected chi connectivity index (χ3v) is 3.27. The Labute approximate surface area is 125 Å². The second-order valence-corrected chi connectivity index (χ2v) is 5.02. The fourth-order valence-electron chi connectivity index (χ4n) is 1.46. The van der Waals surface area contributed by atoms with Gasteiger partial charge in [0.25, 0.3) is 11.8 Å². The fraction of sp³-hybridized carbons (Fsp3) is 0.417. The maximum atomic E-state index is 11.7. The highest BCUT2D eigenvalue weighted by atomic mass is 32.1. The molecule has 0 bridgehead atoms. The van der Waals surface area contributed by atoms with Crippen molar-refractivity contribution in [1.29, 1.82) is 0 Å². The molecule has 0 unspecified atom stereocenters. The first-order chi connectivity index (χ1) is 10.0. The molecule has 0 saturated heterocycles. The smallest absolute Gasteiger partial charge is 0.317 e. The Balaban J connectivity index is 2.38. The van der Waals surface area contributed by atoms with Crippen LogP contribution in [-0.2, 0) is 14.3 Å². The van der Waals surface area contributed by atoms with E-state index in [-0.39, 0.29) is 13.1 Å². The van der Waals surface area contributed by atoms with Gasteiger partial charge in [-0.1, -0.05) is 6.07 Å². The minimum atomic E-state index is -1.04. The molecule has 0 aliphatic rings. The average Bonchev–Trinajstić information content (AvgIpc) is 2.95. The minimum absolute atomic E-state index is 0.152. The van der Waals surface area contributed by atoms with Crippen molar-refractivity contribution in [3.63, 3.8) is 0 Å². The number of nitrogens with zero attached hydrogens (tertiary/aromatic N) is 1. The fourth-order valence-corrected chi connectivity index (χ4v) is 2.08. The highest BCUT2D eigenvalue weighted by Crippen LogP contribution is 2.06. The quantitative estimate of drug-likeness (QED) is 0.560. The van der Waals surface area contributed by atoms with Gasteiger partial charge in [0.1, 0.15) is 0 Å². The number of hydrazine groups is 1. The molecule has 0 atom stereocenters. The first kappa shape index (κ1) is 17.1. The van der Waals surface area contributed by atoms with Crippen molar-refractivity contribution in [2.45, 2.75) is 0 Å². The number of amides is 2. The molecule has 21 heavy (non-hydrogen) atoms. The molecular formula is C12H17N3O5S. The molecule has 0 aliphatic carbocycles. The molecule has 3 N–H and O–H groups in total. The number of hydrogen-bond donors (Lipinski definition) is 3. The standard InChI is InChI=1S/C12H17N3O5S/c1-20-5-4-15(8-11(17)18)7-10(16)13-14-12(19)9-3-2-6-21-9/h2-3,6H,4-5,7-8H2,1H3,(H,13,16)(H,14,19)(H,17,18). The molecule has 9 heteroatoms. The van der Waals surface area contributed by atoms with Gasteiger partial charge in [-0.25, -0.2) is 0 Å². The van der Waals surface area contributed by atoms with Gasteiger partial charge in [-0.05, 0) is 11.4 Å². The Morgan fingerprint density at radius 1 is 1.33 bits per heavy atom. The predicted octanol–water partition coefficient (Wildman–Crippen LogP) is -0.458. The van der Waals surface area contributed by atoms with Crippen LogP contribution in [0.5, 0.6) is 0 Å². The predicted molar refractivity (Wildman–Crippen MR) is 75.9 cm³/mol. The minimum Gasteiger partial charge on any atom is -0.480 e. The number of carbonyl (C=O) groups excluding carboxylic acids is 2. The van der Waals surface area contributed by atoms with Crippen molar-refractivity contribution < 1.29 is 24.2 Å². The number of nitrogens with one attached hydrogen (secondary N) is 2. The monoisotopic (exact) mass is 315 g/mol. The lowest BCUT2D eigenvalue weighted by atomic mass is 10.4. The highest BCUT2D eigenvalue weighted by Gasteiger charge is 2.14. The Morgan fingerprint density at radius 3 is 2.67 bits per heavy atom. The summed E-state index contributed by atoms with van der Waals surface area (Å²) < 4.78 is 4.85. The number of thiophene rings is 1. The number of carboxylic acid groups (broad SMARTS) is 1. The van der Waals surface area contributed by atoms with Crippen molar-refractivity contribution in [3.8, 4) is 0 Å². The van der Waals surface area contributed by atoms with Crippen LogP contribution in [0.1, 0.15) is 9.67 Å². The van der Waals surface area contributed by atoms with Gasteiger partial charge in [0.15, 0.2) is 0 Å². The molecule has 8 nitrogen and oxygen atoms in total. The molecule has 0 saturated carbocycles. The summed E-state index contributed by atoms with van der Waals surface area (Å²) in [7, 11) is 1.49. The second-order valence-electron chi connectivity index (χ2n) is 4.08. The number of ether oxygens (including phenoxy) is 1. The van der Waals surface area contributed by atoms with Gasteiger partial charge >= 0.3 is 5.97 Å². The lowest BCUT2D eigenvalue weighted by molar-refractivity contribution is -0.138. The van der Waals surface area contributed by atoms with Crippen LogP contribution in [0.25, 0.3) is 0 Å². The van der Waals surface area contributed by atoms with Crippen LogP contribution in [0.4, 0.5) is 0 Å². The van der Waals surface area contributed by atoms with E-state index in [0.29, 0.717) is 18.0 Å². The Morgan fingerprint density at radius 2 is 2.10 bits per heavy atom. The first-order valence-electron chi connectivity index (χ1n) is 6.08. The molecular weight excluding hydrogens is 298 g/mol. The maximum absolute atomic E-state index is 11.7. The van der Waals surface area contributed by atoms with E-state index in [0.717, 1.165) is 0 Å². The summed E-state index contributed by atoms with van der Waals surface area (Å²) in [5.74, 6) is -1.96. The summed E-state index contributed by atoms with van der Waals surface area (Å²) in [5, 5.41) is 10.5. The van der Waals surface area contributed by atoms with Crippen LogP contribution in [-0.4, -0.2) is 61.1 Å². The van der Waals surface area contributed by atoms with Crippen LogP contribution in [0.2, 0.25) is 0 Å². The third-order valence-electron chi connectivity index (χ3n) is 2.40. The Hall–Kier alpha value is -1.97. The highest BCUT2D eigenvalue weighted by molar-refractivity contribution is 7.12. The lowest BCUT2D eigenvalue weighted by Gasteiger charge is -2.19. The van der Waals surface area contributed by atoms with E-state index in [1.54, 1.807) is 17.5 Å². The van der Waals surface area contributed by atoms with E-state index in [1.165, 1.54) is 23.3 Å². The molecule has 0 spiro atoms. The molecule has 0 aromatic carbocycles. The first-order valence-corrected chi connectivity index (χ1v) is 6.96. The van der Waals surface area contributed by atoms with Crippen molar-refractivity contribution in [2.24, 2.45) is 0 Å². The summed E-state index contributed by atoms with van der Waals surface area (Å²) in [6.07, 6.45) is 0. The van der Waals surface area contributed by atoms with E-state index in [9.17, 15) is 14.4 Å². The lowest BCUT2D eigenvalue weighted by Crippen LogP contribution is -2.47.